The lowest BCUT2D eigenvalue weighted by Gasteiger charge is -2.28. The van der Waals surface area contributed by atoms with Crippen LogP contribution >= 0.6 is 0 Å². The zero-order valence-corrected chi connectivity index (χ0v) is 19.1. The molecular formula is C26H32O5. The zero-order valence-electron chi connectivity index (χ0n) is 19.1. The van der Waals surface area contributed by atoms with E-state index < -0.39 is 17.4 Å². The molecule has 0 aliphatic heterocycles. The van der Waals surface area contributed by atoms with E-state index in [0.717, 1.165) is 16.7 Å². The summed E-state index contributed by atoms with van der Waals surface area (Å²) in [4.78, 5) is 36.9. The van der Waals surface area contributed by atoms with Gasteiger partial charge in [0, 0.05) is 0 Å². The monoisotopic (exact) mass is 424 g/mol. The Labute approximate surface area is 185 Å². The van der Waals surface area contributed by atoms with Gasteiger partial charge in [0.05, 0.1) is 19.8 Å². The van der Waals surface area contributed by atoms with E-state index in [2.05, 4.69) is 6.58 Å². The van der Waals surface area contributed by atoms with E-state index in [4.69, 9.17) is 9.47 Å². The Bertz CT molecular complexity index is 916. The molecule has 0 fully saturated rings. The Balaban J connectivity index is 0.00000233. The van der Waals surface area contributed by atoms with Gasteiger partial charge in [-0.25, -0.2) is 4.79 Å². The molecule has 0 heterocycles. The van der Waals surface area contributed by atoms with Crippen molar-refractivity contribution in [2.24, 2.45) is 5.41 Å². The molecule has 166 valence electrons. The van der Waals surface area contributed by atoms with E-state index >= 15 is 0 Å². The lowest BCUT2D eigenvalue weighted by molar-refractivity contribution is -0.158. The molecule has 0 saturated carbocycles. The summed E-state index contributed by atoms with van der Waals surface area (Å²) in [5, 5.41) is 0. The summed E-state index contributed by atoms with van der Waals surface area (Å²) in [7, 11) is 2.63. The van der Waals surface area contributed by atoms with Gasteiger partial charge in [-0.3, -0.25) is 9.59 Å². The highest BCUT2D eigenvalue weighted by atomic mass is 16.5. The molecule has 0 aliphatic rings. The molecule has 2 aromatic carbocycles. The van der Waals surface area contributed by atoms with E-state index in [1.165, 1.54) is 21.1 Å². The van der Waals surface area contributed by atoms with Crippen molar-refractivity contribution in [3.05, 3.63) is 72.3 Å². The van der Waals surface area contributed by atoms with Crippen LogP contribution in [-0.2, 0) is 25.5 Å². The van der Waals surface area contributed by atoms with Crippen LogP contribution in [0.4, 0.5) is 0 Å². The third-order valence-electron chi connectivity index (χ3n) is 5.08. The van der Waals surface area contributed by atoms with Crippen molar-refractivity contribution < 1.29 is 23.9 Å². The van der Waals surface area contributed by atoms with Crippen LogP contribution in [0.5, 0.6) is 0 Å². The maximum absolute atomic E-state index is 12.6. The lowest BCUT2D eigenvalue weighted by atomic mass is 9.74. The van der Waals surface area contributed by atoms with Gasteiger partial charge in [-0.1, -0.05) is 56.3 Å². The first-order chi connectivity index (χ1) is 14.9. The van der Waals surface area contributed by atoms with Gasteiger partial charge >= 0.3 is 11.9 Å². The van der Waals surface area contributed by atoms with Gasteiger partial charge in [-0.15, -0.1) is 6.58 Å². The quantitative estimate of drug-likeness (QED) is 0.305. The summed E-state index contributed by atoms with van der Waals surface area (Å²) < 4.78 is 9.75. The van der Waals surface area contributed by atoms with Crippen molar-refractivity contribution in [3.8, 4) is 11.1 Å². The van der Waals surface area contributed by atoms with E-state index in [-0.39, 0.29) is 12.2 Å². The Morgan fingerprint density at radius 1 is 0.968 bits per heavy atom. The lowest BCUT2D eigenvalue weighted by Crippen LogP contribution is -2.41. The molecule has 0 spiro atoms. The first-order valence-corrected chi connectivity index (χ1v) is 10.4. The molecular weight excluding hydrogens is 392 g/mol. The fourth-order valence-electron chi connectivity index (χ4n) is 3.40. The molecule has 1 atom stereocenters. The molecule has 31 heavy (non-hydrogen) atoms. The largest absolute Gasteiger partial charge is 0.468 e. The van der Waals surface area contributed by atoms with Gasteiger partial charge in [0.1, 0.15) is 11.2 Å². The Kier molecular flexibility index (Phi) is 10.4. The van der Waals surface area contributed by atoms with Crippen molar-refractivity contribution in [2.45, 2.75) is 40.0 Å². The maximum Gasteiger partial charge on any atom is 0.337 e. The maximum atomic E-state index is 12.6. The van der Waals surface area contributed by atoms with Gasteiger partial charge < -0.3 is 9.47 Å². The predicted octanol–water partition coefficient (Wildman–Crippen LogP) is 5.42. The van der Waals surface area contributed by atoms with Crippen LogP contribution in [0.3, 0.4) is 0 Å². The molecule has 2 rings (SSSR count). The van der Waals surface area contributed by atoms with Gasteiger partial charge in [0.25, 0.3) is 0 Å². The number of rotatable bonds is 9. The molecule has 2 aromatic rings. The molecule has 5 heteroatoms. The molecule has 0 amide bonds. The molecule has 0 bridgehead atoms. The summed E-state index contributed by atoms with van der Waals surface area (Å²) in [6, 6.07) is 14.7. The number of ether oxygens (including phenoxy) is 2. The number of hydrogen-bond acceptors (Lipinski definition) is 5. The molecule has 5 nitrogen and oxygen atoms in total. The van der Waals surface area contributed by atoms with Crippen molar-refractivity contribution in [2.75, 3.05) is 14.2 Å². The van der Waals surface area contributed by atoms with Gasteiger partial charge in [0.15, 0.2) is 0 Å². The number of carbonyl (C=O) groups excluding carboxylic acids is 3. The Morgan fingerprint density at radius 3 is 2.13 bits per heavy atom. The molecule has 0 aliphatic carbocycles. The van der Waals surface area contributed by atoms with Gasteiger partial charge in [-0.05, 0) is 55.0 Å². The smallest absolute Gasteiger partial charge is 0.337 e. The topological polar surface area (TPSA) is 69.7 Å². The predicted molar refractivity (Wildman–Crippen MR) is 123 cm³/mol. The molecule has 1 unspecified atom stereocenters. The normalized spacial score (nSPS) is 11.9. The van der Waals surface area contributed by atoms with Gasteiger partial charge in [0.2, 0.25) is 0 Å². The van der Waals surface area contributed by atoms with Crippen LogP contribution < -0.4 is 0 Å². The fourth-order valence-corrected chi connectivity index (χ4v) is 3.40. The number of benzene rings is 2. The second kappa shape index (κ2) is 12.5. The van der Waals surface area contributed by atoms with Crippen LogP contribution in [0.25, 0.3) is 11.1 Å². The van der Waals surface area contributed by atoms with Crippen molar-refractivity contribution in [1.82, 2.24) is 0 Å². The SMILES string of the molecule is C=CCCC(Cc1cccc(-c2cccc(C(=O)OC)c2)c1)(C(C)=O)C(=O)OC.CC. The summed E-state index contributed by atoms with van der Waals surface area (Å²) in [5.74, 6) is -1.18. The highest BCUT2D eigenvalue weighted by Crippen LogP contribution is 2.33. The number of esters is 2. The van der Waals surface area contributed by atoms with Crippen LogP contribution in [0.15, 0.2) is 61.2 Å². The number of carbonyl (C=O) groups is 3. The average molecular weight is 425 g/mol. The van der Waals surface area contributed by atoms with Crippen molar-refractivity contribution >= 4 is 17.7 Å². The summed E-state index contributed by atoms with van der Waals surface area (Å²) in [6.07, 6.45) is 2.78. The number of methoxy groups -OCH3 is 2. The summed E-state index contributed by atoms with van der Waals surface area (Å²) in [6.45, 7) is 9.12. The zero-order chi connectivity index (χ0) is 23.4. The van der Waals surface area contributed by atoms with Crippen molar-refractivity contribution in [1.29, 1.82) is 0 Å². The minimum Gasteiger partial charge on any atom is -0.468 e. The van der Waals surface area contributed by atoms with E-state index in [0.29, 0.717) is 18.4 Å². The highest BCUT2D eigenvalue weighted by molar-refractivity contribution is 6.03. The van der Waals surface area contributed by atoms with Crippen molar-refractivity contribution in [3.63, 3.8) is 0 Å². The second-order valence-corrected chi connectivity index (χ2v) is 6.91. The van der Waals surface area contributed by atoms with E-state index in [1.807, 2.05) is 44.2 Å². The number of Topliss-reactive ketones (excluding diaryl/α,β-unsaturated/α-hetero) is 1. The van der Waals surface area contributed by atoms with E-state index in [1.54, 1.807) is 24.3 Å². The van der Waals surface area contributed by atoms with Crippen LogP contribution in [0.1, 0.15) is 49.5 Å². The molecule has 0 radical (unpaired) electrons. The number of hydrogen-bond donors (Lipinski definition) is 0. The van der Waals surface area contributed by atoms with Crippen LogP contribution in [-0.4, -0.2) is 31.9 Å². The summed E-state index contributed by atoms with van der Waals surface area (Å²) >= 11 is 0. The Hall–Kier alpha value is -3.21. The average Bonchev–Trinajstić information content (AvgIpc) is 2.82. The number of allylic oxidation sites excluding steroid dienone is 1. The van der Waals surface area contributed by atoms with Crippen LogP contribution in [0, 0.1) is 5.41 Å². The van der Waals surface area contributed by atoms with Gasteiger partial charge in [-0.2, -0.15) is 0 Å². The second-order valence-electron chi connectivity index (χ2n) is 6.91. The first-order valence-electron chi connectivity index (χ1n) is 10.4. The first kappa shape index (κ1) is 25.8. The van der Waals surface area contributed by atoms with E-state index in [9.17, 15) is 14.4 Å². The Morgan fingerprint density at radius 2 is 1.58 bits per heavy atom. The highest BCUT2D eigenvalue weighted by Gasteiger charge is 2.43. The minimum atomic E-state index is -1.25. The molecule has 0 N–H and O–H groups in total. The number of ketones is 1. The molecule has 0 saturated heterocycles. The third kappa shape index (κ3) is 6.38. The fraction of sp³-hybridized carbons (Fsp3) is 0.346. The van der Waals surface area contributed by atoms with Crippen LogP contribution in [0.2, 0.25) is 0 Å². The third-order valence-corrected chi connectivity index (χ3v) is 5.08. The standard InChI is InChI=1S/C24H26O5.C2H6/c1-5-6-13-24(17(2)25,23(27)29-4)16-18-9-7-10-19(14-18)20-11-8-12-21(15-20)22(26)28-3;1-2/h5,7-12,14-15H,1,6,13,16H2,2-4H3;1-2H3. The summed E-state index contributed by atoms with van der Waals surface area (Å²) in [5.41, 5.74) is 1.74. The minimum absolute atomic E-state index is 0.230. The molecule has 0 aromatic heterocycles.